The molecule has 0 saturated heterocycles. The number of ketones is 1. The first-order valence-electron chi connectivity index (χ1n) is 7.06. The molecule has 5 heteroatoms. The van der Waals surface area contributed by atoms with Gasteiger partial charge in [-0.1, -0.05) is 19.3 Å². The average molecular weight is 262 g/mol. The molecule has 1 saturated carbocycles. The molecular weight excluding hydrogens is 240 g/mol. The van der Waals surface area contributed by atoms with E-state index in [0.717, 1.165) is 11.6 Å². The lowest BCUT2D eigenvalue weighted by atomic mass is 9.95. The summed E-state index contributed by atoms with van der Waals surface area (Å²) >= 11 is 0. The zero-order valence-electron chi connectivity index (χ0n) is 11.5. The van der Waals surface area contributed by atoms with Crippen LogP contribution in [0.3, 0.4) is 0 Å². The molecule has 0 radical (unpaired) electrons. The van der Waals surface area contributed by atoms with E-state index in [0.29, 0.717) is 19.0 Å². The van der Waals surface area contributed by atoms with Crippen LogP contribution < -0.4 is 10.6 Å². The second kappa shape index (κ2) is 7.07. The fraction of sp³-hybridized carbons (Fsp3) is 0.643. The normalized spacial score (nSPS) is 16.1. The van der Waals surface area contributed by atoms with Gasteiger partial charge in [0, 0.05) is 25.1 Å². The van der Waals surface area contributed by atoms with Crippen LogP contribution in [0, 0.1) is 0 Å². The van der Waals surface area contributed by atoms with Gasteiger partial charge in [0.25, 0.3) is 0 Å². The summed E-state index contributed by atoms with van der Waals surface area (Å²) in [6.45, 7) is 2.22. The number of carbonyl (C=O) groups is 1. The molecule has 1 heterocycles. The van der Waals surface area contributed by atoms with Gasteiger partial charge in [0.1, 0.15) is 23.7 Å². The van der Waals surface area contributed by atoms with Gasteiger partial charge in [-0.3, -0.25) is 4.79 Å². The molecular formula is C14H22N4O. The monoisotopic (exact) mass is 262 g/mol. The summed E-state index contributed by atoms with van der Waals surface area (Å²) in [4.78, 5) is 19.3. The molecule has 0 spiro atoms. The number of rotatable bonds is 6. The molecule has 0 amide bonds. The van der Waals surface area contributed by atoms with Crippen molar-refractivity contribution in [2.75, 3.05) is 17.2 Å². The molecule has 104 valence electrons. The third-order valence-corrected chi connectivity index (χ3v) is 3.41. The van der Waals surface area contributed by atoms with E-state index in [1.807, 2.05) is 6.07 Å². The fourth-order valence-electron chi connectivity index (χ4n) is 2.36. The van der Waals surface area contributed by atoms with Crippen LogP contribution >= 0.6 is 0 Å². The highest BCUT2D eigenvalue weighted by molar-refractivity contribution is 5.75. The van der Waals surface area contributed by atoms with E-state index in [1.165, 1.54) is 32.1 Å². The summed E-state index contributed by atoms with van der Waals surface area (Å²) in [5.74, 6) is 1.82. The SMILES string of the molecule is CC(=O)CCNc1cc(NC2CCCCC2)ncn1. The molecule has 0 aromatic carbocycles. The van der Waals surface area contributed by atoms with Gasteiger partial charge in [0.15, 0.2) is 0 Å². The second-order valence-corrected chi connectivity index (χ2v) is 5.15. The van der Waals surface area contributed by atoms with Crippen molar-refractivity contribution in [3.05, 3.63) is 12.4 Å². The van der Waals surface area contributed by atoms with Crippen molar-refractivity contribution in [3.8, 4) is 0 Å². The Morgan fingerprint density at radius 1 is 1.26 bits per heavy atom. The minimum absolute atomic E-state index is 0.183. The van der Waals surface area contributed by atoms with Gasteiger partial charge in [-0.2, -0.15) is 0 Å². The Balaban J connectivity index is 1.85. The Morgan fingerprint density at radius 3 is 2.74 bits per heavy atom. The van der Waals surface area contributed by atoms with E-state index in [2.05, 4.69) is 20.6 Å². The molecule has 0 unspecified atom stereocenters. The van der Waals surface area contributed by atoms with E-state index in [-0.39, 0.29) is 5.78 Å². The Labute approximate surface area is 114 Å². The summed E-state index contributed by atoms with van der Waals surface area (Å²) in [6, 6.07) is 2.45. The maximum Gasteiger partial charge on any atom is 0.131 e. The number of anilines is 2. The lowest BCUT2D eigenvalue weighted by Crippen LogP contribution is -2.23. The third kappa shape index (κ3) is 4.85. The molecule has 1 aliphatic carbocycles. The van der Waals surface area contributed by atoms with Gasteiger partial charge >= 0.3 is 0 Å². The summed E-state index contributed by atoms with van der Waals surface area (Å²) in [5, 5.41) is 6.60. The van der Waals surface area contributed by atoms with Crippen LogP contribution in [0.5, 0.6) is 0 Å². The van der Waals surface area contributed by atoms with E-state index < -0.39 is 0 Å². The standard InChI is InChI=1S/C14H22N4O/c1-11(19)7-8-15-13-9-14(17-10-16-13)18-12-5-3-2-4-6-12/h9-10,12H,2-8H2,1H3,(H2,15,16,17,18). The van der Waals surface area contributed by atoms with Crippen molar-refractivity contribution in [2.24, 2.45) is 0 Å². The zero-order valence-corrected chi connectivity index (χ0v) is 11.5. The van der Waals surface area contributed by atoms with Gasteiger partial charge in [-0.25, -0.2) is 9.97 Å². The topological polar surface area (TPSA) is 66.9 Å². The third-order valence-electron chi connectivity index (χ3n) is 3.41. The summed E-state index contributed by atoms with van der Waals surface area (Å²) in [6.07, 6.45) is 8.46. The average Bonchev–Trinajstić information content (AvgIpc) is 2.40. The van der Waals surface area contributed by atoms with Crippen molar-refractivity contribution in [2.45, 2.75) is 51.5 Å². The van der Waals surface area contributed by atoms with Crippen molar-refractivity contribution in [1.29, 1.82) is 0 Å². The number of carbonyl (C=O) groups excluding carboxylic acids is 1. The van der Waals surface area contributed by atoms with Gasteiger partial charge in [-0.05, 0) is 19.8 Å². The van der Waals surface area contributed by atoms with E-state index in [1.54, 1.807) is 13.3 Å². The van der Waals surface area contributed by atoms with Gasteiger partial charge < -0.3 is 10.6 Å². The van der Waals surface area contributed by atoms with Crippen molar-refractivity contribution in [3.63, 3.8) is 0 Å². The Bertz CT molecular complexity index is 416. The molecule has 0 atom stereocenters. The van der Waals surface area contributed by atoms with E-state index in [9.17, 15) is 4.79 Å². The largest absolute Gasteiger partial charge is 0.369 e. The first-order chi connectivity index (χ1) is 9.24. The summed E-state index contributed by atoms with van der Waals surface area (Å²) in [5.41, 5.74) is 0. The van der Waals surface area contributed by atoms with Gasteiger partial charge in [-0.15, -0.1) is 0 Å². The fourth-order valence-corrected chi connectivity index (χ4v) is 2.36. The van der Waals surface area contributed by atoms with Gasteiger partial charge in [0.05, 0.1) is 0 Å². The smallest absolute Gasteiger partial charge is 0.131 e. The molecule has 5 nitrogen and oxygen atoms in total. The van der Waals surface area contributed by atoms with Crippen LogP contribution in [0.2, 0.25) is 0 Å². The lowest BCUT2D eigenvalue weighted by Gasteiger charge is -2.23. The first kappa shape index (κ1) is 13.8. The Hall–Kier alpha value is -1.65. The highest BCUT2D eigenvalue weighted by Gasteiger charge is 2.13. The predicted octanol–water partition coefficient (Wildman–Crippen LogP) is 2.61. The maximum atomic E-state index is 10.9. The van der Waals surface area contributed by atoms with Crippen LogP contribution in [-0.4, -0.2) is 28.3 Å². The maximum absolute atomic E-state index is 10.9. The minimum atomic E-state index is 0.183. The number of hydrogen-bond donors (Lipinski definition) is 2. The van der Waals surface area contributed by atoms with Crippen LogP contribution in [-0.2, 0) is 4.79 Å². The van der Waals surface area contributed by atoms with Crippen molar-refractivity contribution < 1.29 is 4.79 Å². The second-order valence-electron chi connectivity index (χ2n) is 5.15. The van der Waals surface area contributed by atoms with Crippen LogP contribution in [0.25, 0.3) is 0 Å². The van der Waals surface area contributed by atoms with Crippen LogP contribution in [0.1, 0.15) is 45.4 Å². The Morgan fingerprint density at radius 2 is 2.00 bits per heavy atom. The molecule has 1 aromatic heterocycles. The van der Waals surface area contributed by atoms with E-state index in [4.69, 9.17) is 0 Å². The van der Waals surface area contributed by atoms with Crippen LogP contribution in [0.4, 0.5) is 11.6 Å². The molecule has 1 aromatic rings. The first-order valence-corrected chi connectivity index (χ1v) is 7.06. The van der Waals surface area contributed by atoms with E-state index >= 15 is 0 Å². The lowest BCUT2D eigenvalue weighted by molar-refractivity contribution is -0.116. The zero-order chi connectivity index (χ0) is 13.5. The summed E-state index contributed by atoms with van der Waals surface area (Å²) < 4.78 is 0. The molecule has 1 fully saturated rings. The van der Waals surface area contributed by atoms with Crippen LogP contribution in [0.15, 0.2) is 12.4 Å². The minimum Gasteiger partial charge on any atom is -0.369 e. The van der Waals surface area contributed by atoms with Crippen molar-refractivity contribution in [1.82, 2.24) is 9.97 Å². The number of nitrogens with zero attached hydrogens (tertiary/aromatic N) is 2. The molecule has 0 bridgehead atoms. The van der Waals surface area contributed by atoms with Crippen molar-refractivity contribution >= 4 is 17.4 Å². The Kier molecular flexibility index (Phi) is 5.12. The molecule has 19 heavy (non-hydrogen) atoms. The molecule has 2 N–H and O–H groups in total. The highest BCUT2D eigenvalue weighted by atomic mass is 16.1. The highest BCUT2D eigenvalue weighted by Crippen LogP contribution is 2.21. The predicted molar refractivity (Wildman–Crippen MR) is 76.3 cm³/mol. The van der Waals surface area contributed by atoms with Gasteiger partial charge in [0.2, 0.25) is 0 Å². The number of Topliss-reactive ketones (excluding diaryl/α,β-unsaturated/α-hetero) is 1. The molecule has 1 aliphatic rings. The number of hydrogen-bond acceptors (Lipinski definition) is 5. The number of aromatic nitrogens is 2. The molecule has 0 aliphatic heterocycles. The molecule has 2 rings (SSSR count). The summed E-state index contributed by atoms with van der Waals surface area (Å²) in [7, 11) is 0. The number of nitrogens with one attached hydrogen (secondary N) is 2. The quantitative estimate of drug-likeness (QED) is 0.825.